The maximum Gasteiger partial charge on any atom is 0.167 e. The first-order valence-electron chi connectivity index (χ1n) is 19.0. The van der Waals surface area contributed by atoms with Gasteiger partial charge in [-0.2, -0.15) is 0 Å². The minimum absolute atomic E-state index is 0.568. The maximum atomic E-state index is 7.00. The highest BCUT2D eigenvalue weighted by molar-refractivity contribution is 7.26. The zero-order chi connectivity index (χ0) is 37.5. The standard InChI is InChI=1S/C51H30N4OS/c1-3-14-31(15-4-1)49-52-50(54-51(53-49)41-25-13-23-39-36-19-8-10-27-45(36)57-48(39)41)40-24-12-22-38-37-21-11-20-34(46(37)56-47(38)40)32-28-29-44-42(30-32)35-18-7-9-26-43(35)55(44)33-16-5-2-6-17-33/h1-30H. The van der Waals surface area contributed by atoms with Gasteiger partial charge in [0.2, 0.25) is 0 Å². The van der Waals surface area contributed by atoms with Crippen molar-refractivity contribution in [2.75, 3.05) is 0 Å². The second kappa shape index (κ2) is 12.6. The molecular formula is C51H30N4OS. The Morgan fingerprint density at radius 2 is 0.965 bits per heavy atom. The van der Waals surface area contributed by atoms with Crippen molar-refractivity contribution in [2.45, 2.75) is 0 Å². The van der Waals surface area contributed by atoms with Gasteiger partial charge >= 0.3 is 0 Å². The molecule has 0 spiro atoms. The van der Waals surface area contributed by atoms with E-state index < -0.39 is 0 Å². The zero-order valence-electron chi connectivity index (χ0n) is 30.4. The highest BCUT2D eigenvalue weighted by atomic mass is 32.1. The number of hydrogen-bond acceptors (Lipinski definition) is 5. The van der Waals surface area contributed by atoms with E-state index in [1.165, 1.54) is 31.8 Å². The Morgan fingerprint density at radius 3 is 1.77 bits per heavy atom. The molecule has 0 aliphatic rings. The highest BCUT2D eigenvalue weighted by Gasteiger charge is 2.21. The Kier molecular flexibility index (Phi) is 7.03. The van der Waals surface area contributed by atoms with Crippen molar-refractivity contribution in [3.63, 3.8) is 0 Å². The van der Waals surface area contributed by atoms with Crippen molar-refractivity contribution in [1.29, 1.82) is 0 Å². The Bertz CT molecular complexity index is 3530. The molecule has 0 bridgehead atoms. The summed E-state index contributed by atoms with van der Waals surface area (Å²) in [5.41, 5.74) is 9.92. The van der Waals surface area contributed by atoms with Crippen LogP contribution in [0.4, 0.5) is 0 Å². The van der Waals surface area contributed by atoms with E-state index in [4.69, 9.17) is 19.4 Å². The summed E-state index contributed by atoms with van der Waals surface area (Å²) in [6, 6.07) is 63.7. The second-order valence-electron chi connectivity index (χ2n) is 14.3. The molecule has 266 valence electrons. The second-order valence-corrected chi connectivity index (χ2v) is 15.4. The first kappa shape index (κ1) is 31.9. The van der Waals surface area contributed by atoms with Crippen LogP contribution in [0.15, 0.2) is 186 Å². The molecule has 4 heterocycles. The van der Waals surface area contributed by atoms with Gasteiger partial charge in [0.1, 0.15) is 11.2 Å². The number of thiophene rings is 1. The van der Waals surface area contributed by atoms with Crippen molar-refractivity contribution < 1.29 is 4.42 Å². The van der Waals surface area contributed by atoms with Crippen LogP contribution >= 0.6 is 11.3 Å². The van der Waals surface area contributed by atoms with E-state index in [1.54, 1.807) is 11.3 Å². The zero-order valence-corrected chi connectivity index (χ0v) is 31.2. The molecule has 0 saturated heterocycles. The summed E-state index contributed by atoms with van der Waals surface area (Å²) in [7, 11) is 0. The Hall–Kier alpha value is -7.41. The van der Waals surface area contributed by atoms with Gasteiger partial charge in [-0.05, 0) is 54.1 Å². The lowest BCUT2D eigenvalue weighted by molar-refractivity contribution is 0.670. The fourth-order valence-corrected chi connectivity index (χ4v) is 9.69. The number of fused-ring (bicyclic) bond motifs is 9. The fraction of sp³-hybridized carbons (Fsp3) is 0. The predicted octanol–water partition coefficient (Wildman–Crippen LogP) is 13.9. The van der Waals surface area contributed by atoms with Gasteiger partial charge < -0.3 is 8.98 Å². The molecule has 6 heteroatoms. The molecule has 0 fully saturated rings. The summed E-state index contributed by atoms with van der Waals surface area (Å²) in [5.74, 6) is 1.82. The quantitative estimate of drug-likeness (QED) is 0.176. The van der Waals surface area contributed by atoms with Crippen LogP contribution < -0.4 is 0 Å². The lowest BCUT2D eigenvalue weighted by atomic mass is 10.00. The number of nitrogens with zero attached hydrogens (tertiary/aromatic N) is 4. The molecule has 5 nitrogen and oxygen atoms in total. The lowest BCUT2D eigenvalue weighted by Gasteiger charge is -2.09. The molecule has 8 aromatic carbocycles. The predicted molar refractivity (Wildman–Crippen MR) is 236 cm³/mol. The van der Waals surface area contributed by atoms with Crippen molar-refractivity contribution in [3.8, 4) is 51.0 Å². The smallest absolute Gasteiger partial charge is 0.167 e. The van der Waals surface area contributed by atoms with E-state index in [2.05, 4.69) is 156 Å². The van der Waals surface area contributed by atoms with Gasteiger partial charge in [0, 0.05) is 64.1 Å². The van der Waals surface area contributed by atoms with Gasteiger partial charge in [0.05, 0.1) is 16.6 Å². The van der Waals surface area contributed by atoms with E-state index >= 15 is 0 Å². The van der Waals surface area contributed by atoms with Crippen LogP contribution in [0.3, 0.4) is 0 Å². The van der Waals surface area contributed by atoms with Crippen LogP contribution in [0.1, 0.15) is 0 Å². The molecule has 0 N–H and O–H groups in total. The van der Waals surface area contributed by atoms with Crippen LogP contribution in [-0.4, -0.2) is 19.5 Å². The van der Waals surface area contributed by atoms with Crippen molar-refractivity contribution in [3.05, 3.63) is 182 Å². The van der Waals surface area contributed by atoms with E-state index in [9.17, 15) is 0 Å². The van der Waals surface area contributed by atoms with Gasteiger partial charge in [0.15, 0.2) is 17.5 Å². The monoisotopic (exact) mass is 746 g/mol. The average Bonchev–Trinajstić information content (AvgIpc) is 3.96. The van der Waals surface area contributed by atoms with Gasteiger partial charge in [-0.25, -0.2) is 15.0 Å². The summed E-state index contributed by atoms with van der Waals surface area (Å²) in [6.07, 6.45) is 0. The molecule has 0 atom stereocenters. The van der Waals surface area contributed by atoms with E-state index in [0.29, 0.717) is 17.5 Å². The number of aromatic nitrogens is 4. The van der Waals surface area contributed by atoms with Gasteiger partial charge in [-0.3, -0.25) is 0 Å². The number of hydrogen-bond donors (Lipinski definition) is 0. The first-order valence-corrected chi connectivity index (χ1v) is 19.8. The van der Waals surface area contributed by atoms with Crippen molar-refractivity contribution >= 4 is 75.3 Å². The fourth-order valence-electron chi connectivity index (χ4n) is 8.48. The van der Waals surface area contributed by atoms with Crippen LogP contribution in [0, 0.1) is 0 Å². The Balaban J connectivity index is 1.06. The number of rotatable bonds is 5. The molecule has 0 saturated carbocycles. The summed E-state index contributed by atoms with van der Waals surface area (Å²) in [6.45, 7) is 0. The molecule has 0 amide bonds. The van der Waals surface area contributed by atoms with Crippen LogP contribution in [0.25, 0.3) is 115 Å². The van der Waals surface area contributed by atoms with Gasteiger partial charge in [-0.15, -0.1) is 11.3 Å². The third-order valence-electron chi connectivity index (χ3n) is 11.1. The largest absolute Gasteiger partial charge is 0.455 e. The molecule has 57 heavy (non-hydrogen) atoms. The molecule has 12 rings (SSSR count). The van der Waals surface area contributed by atoms with E-state index in [0.717, 1.165) is 65.7 Å². The van der Waals surface area contributed by atoms with Crippen LogP contribution in [0.5, 0.6) is 0 Å². The molecule has 4 aromatic heterocycles. The molecule has 0 radical (unpaired) electrons. The van der Waals surface area contributed by atoms with E-state index in [1.807, 2.05) is 30.3 Å². The minimum atomic E-state index is 0.568. The Morgan fingerprint density at radius 1 is 0.386 bits per heavy atom. The van der Waals surface area contributed by atoms with Crippen molar-refractivity contribution in [2.24, 2.45) is 0 Å². The SMILES string of the molecule is c1ccc(-c2nc(-c3cccc4c3oc3c(-c5ccc6c(c5)c5ccccc5n6-c5ccccc5)cccc34)nc(-c3cccc4c3sc3ccccc34)n2)cc1. The third kappa shape index (κ3) is 4.98. The van der Waals surface area contributed by atoms with Gasteiger partial charge in [0.25, 0.3) is 0 Å². The van der Waals surface area contributed by atoms with Crippen LogP contribution in [0.2, 0.25) is 0 Å². The highest BCUT2D eigenvalue weighted by Crippen LogP contribution is 2.43. The molecule has 0 aliphatic heterocycles. The Labute approximate surface area is 330 Å². The molecule has 0 aliphatic carbocycles. The topological polar surface area (TPSA) is 56.7 Å². The number of para-hydroxylation sites is 4. The average molecular weight is 747 g/mol. The maximum absolute atomic E-state index is 7.00. The summed E-state index contributed by atoms with van der Waals surface area (Å²) >= 11 is 1.77. The minimum Gasteiger partial charge on any atom is -0.455 e. The summed E-state index contributed by atoms with van der Waals surface area (Å²) in [5, 5.41) is 6.90. The van der Waals surface area contributed by atoms with E-state index in [-0.39, 0.29) is 0 Å². The summed E-state index contributed by atoms with van der Waals surface area (Å²) < 4.78 is 11.7. The summed E-state index contributed by atoms with van der Waals surface area (Å²) in [4.78, 5) is 15.5. The lowest BCUT2D eigenvalue weighted by Crippen LogP contribution is -2.00. The number of benzene rings is 8. The molecule has 12 aromatic rings. The van der Waals surface area contributed by atoms with Gasteiger partial charge in [-0.1, -0.05) is 133 Å². The molecular weight excluding hydrogens is 717 g/mol. The third-order valence-corrected chi connectivity index (χ3v) is 12.3. The molecule has 0 unspecified atom stereocenters. The van der Waals surface area contributed by atoms with Crippen LogP contribution in [-0.2, 0) is 0 Å². The number of furan rings is 1. The normalized spacial score (nSPS) is 11.9. The van der Waals surface area contributed by atoms with Crippen molar-refractivity contribution in [1.82, 2.24) is 19.5 Å². The first-order chi connectivity index (χ1) is 28.3.